The minimum atomic E-state index is -0.748. The lowest BCUT2D eigenvalue weighted by atomic mass is 9.89. The number of para-hydroxylation sites is 1. The fraction of sp³-hybridized carbons (Fsp3) is 0.625. The zero-order valence-corrected chi connectivity index (χ0v) is 18.3. The van der Waals surface area contributed by atoms with Crippen LogP contribution in [0.4, 0.5) is 0 Å². The Bertz CT molecular complexity index is 679. The van der Waals surface area contributed by atoms with Crippen molar-refractivity contribution in [2.45, 2.75) is 50.7 Å². The molecule has 0 radical (unpaired) electrons. The Kier molecular flexibility index (Phi) is 9.09. The van der Waals surface area contributed by atoms with Gasteiger partial charge in [0.15, 0.2) is 0 Å². The van der Waals surface area contributed by atoms with E-state index in [1.807, 2.05) is 42.5 Å². The number of ether oxygens (including phenoxy) is 1. The number of carboxylic acids is 1. The molecule has 1 aromatic rings. The molecule has 3 rings (SSSR count). The van der Waals surface area contributed by atoms with Crippen LogP contribution in [0.1, 0.15) is 38.5 Å². The number of aliphatic hydroxyl groups is 2. The van der Waals surface area contributed by atoms with Crippen molar-refractivity contribution in [1.82, 2.24) is 0 Å². The summed E-state index contributed by atoms with van der Waals surface area (Å²) in [5, 5.41) is 29.5. The predicted octanol–water partition coefficient (Wildman–Crippen LogP) is 3.99. The van der Waals surface area contributed by atoms with E-state index in [1.165, 1.54) is 11.8 Å². The van der Waals surface area contributed by atoms with Gasteiger partial charge in [0.05, 0.1) is 24.6 Å². The Hall–Kier alpha value is -1.50. The Morgan fingerprint density at radius 1 is 1.23 bits per heavy atom. The summed E-state index contributed by atoms with van der Waals surface area (Å²) in [7, 11) is 0. The van der Waals surface area contributed by atoms with Gasteiger partial charge in [-0.2, -0.15) is 11.8 Å². The molecular weight excluding hydrogens is 400 g/mol. The van der Waals surface area contributed by atoms with Crippen LogP contribution in [0.2, 0.25) is 0 Å². The Morgan fingerprint density at radius 2 is 2.03 bits per heavy atom. The largest absolute Gasteiger partial charge is 0.494 e. The van der Waals surface area contributed by atoms with Crippen LogP contribution in [0.5, 0.6) is 5.75 Å². The molecule has 5 nitrogen and oxygen atoms in total. The summed E-state index contributed by atoms with van der Waals surface area (Å²) in [5.41, 5.74) is 0. The summed E-state index contributed by atoms with van der Waals surface area (Å²) in [4.78, 5) is 10.6. The monoisotopic (exact) mass is 434 g/mol. The standard InChI is InChI=1S/C24H34O5S/c25-19(5-4-11-29-20-6-2-1-3-7-20)8-9-21-22-14-17(10-12-30-16-24(27)28)13-18(22)15-23(21)26/h1-3,6-9,17-19,21-23,25-26H,4-5,10-16H2,(H,27,28)/t17?,18-,19?,21-,22+,23-/m0/s1. The first-order valence-electron chi connectivity index (χ1n) is 11.0. The molecule has 0 spiro atoms. The SMILES string of the molecule is O=C(O)CSCCC1C[C@H]2C[C@H](O)[C@@H](C=CC(O)CCCOc3ccccc3)[C@@H]2C1. The highest BCUT2D eigenvalue weighted by molar-refractivity contribution is 7.99. The molecular formula is C24H34O5S. The first kappa shape index (κ1) is 23.2. The van der Waals surface area contributed by atoms with E-state index in [0.717, 1.165) is 43.6 Å². The average Bonchev–Trinajstić information content (AvgIpc) is 3.24. The molecule has 0 aliphatic heterocycles. The number of aliphatic hydroxyl groups excluding tert-OH is 2. The van der Waals surface area contributed by atoms with Crippen molar-refractivity contribution in [1.29, 1.82) is 0 Å². The van der Waals surface area contributed by atoms with Crippen LogP contribution in [0.3, 0.4) is 0 Å². The second-order valence-corrected chi connectivity index (χ2v) is 9.74. The lowest BCUT2D eigenvalue weighted by molar-refractivity contribution is -0.133. The number of carboxylic acid groups (broad SMARTS) is 1. The first-order valence-corrected chi connectivity index (χ1v) is 12.2. The molecule has 2 unspecified atom stereocenters. The number of benzene rings is 1. The van der Waals surface area contributed by atoms with Crippen LogP contribution in [0, 0.1) is 23.7 Å². The van der Waals surface area contributed by atoms with E-state index in [9.17, 15) is 15.0 Å². The van der Waals surface area contributed by atoms with Gasteiger partial charge in [-0.3, -0.25) is 4.79 Å². The van der Waals surface area contributed by atoms with Crippen molar-refractivity contribution in [2.24, 2.45) is 23.7 Å². The van der Waals surface area contributed by atoms with Crippen molar-refractivity contribution in [3.63, 3.8) is 0 Å². The summed E-state index contributed by atoms with van der Waals surface area (Å²) in [5.74, 6) is 2.97. The molecule has 2 aliphatic rings. The molecule has 2 saturated carbocycles. The van der Waals surface area contributed by atoms with Crippen LogP contribution in [0.15, 0.2) is 42.5 Å². The summed E-state index contributed by atoms with van der Waals surface area (Å²) >= 11 is 1.49. The molecule has 3 N–H and O–H groups in total. The molecule has 6 heteroatoms. The molecule has 0 amide bonds. The van der Waals surface area contributed by atoms with Gasteiger partial charge in [0.25, 0.3) is 0 Å². The maximum Gasteiger partial charge on any atom is 0.313 e. The smallest absolute Gasteiger partial charge is 0.313 e. The van der Waals surface area contributed by atoms with Crippen molar-refractivity contribution >= 4 is 17.7 Å². The van der Waals surface area contributed by atoms with Gasteiger partial charge in [0, 0.05) is 5.92 Å². The fourth-order valence-corrected chi connectivity index (χ4v) is 5.86. The van der Waals surface area contributed by atoms with Crippen LogP contribution in [0.25, 0.3) is 0 Å². The van der Waals surface area contributed by atoms with Crippen LogP contribution in [-0.2, 0) is 4.79 Å². The highest BCUT2D eigenvalue weighted by atomic mass is 32.2. The van der Waals surface area contributed by atoms with Gasteiger partial charge in [-0.1, -0.05) is 30.4 Å². The minimum absolute atomic E-state index is 0.127. The van der Waals surface area contributed by atoms with Crippen molar-refractivity contribution in [3.8, 4) is 5.75 Å². The van der Waals surface area contributed by atoms with Crippen molar-refractivity contribution in [3.05, 3.63) is 42.5 Å². The third-order valence-corrected chi connectivity index (χ3v) is 7.41. The van der Waals surface area contributed by atoms with Gasteiger partial charge in [0.2, 0.25) is 0 Å². The van der Waals surface area contributed by atoms with E-state index in [-0.39, 0.29) is 17.8 Å². The van der Waals surface area contributed by atoms with Gasteiger partial charge in [-0.15, -0.1) is 0 Å². The third kappa shape index (κ3) is 7.03. The van der Waals surface area contributed by atoms with Crippen LogP contribution in [-0.4, -0.2) is 51.6 Å². The molecule has 2 aliphatic carbocycles. The average molecular weight is 435 g/mol. The summed E-state index contributed by atoms with van der Waals surface area (Å²) in [6.45, 7) is 0.577. The Balaban J connectivity index is 1.37. The summed E-state index contributed by atoms with van der Waals surface area (Å²) in [6.07, 6.45) is 8.63. The molecule has 0 saturated heterocycles. The molecule has 1 aromatic carbocycles. The predicted molar refractivity (Wildman–Crippen MR) is 120 cm³/mol. The highest BCUT2D eigenvalue weighted by Crippen LogP contribution is 2.51. The van der Waals surface area contributed by atoms with E-state index >= 15 is 0 Å². The maximum absolute atomic E-state index is 10.6. The normalized spacial score (nSPS) is 29.2. The van der Waals surface area contributed by atoms with Gasteiger partial charge < -0.3 is 20.1 Å². The van der Waals surface area contributed by atoms with Crippen molar-refractivity contribution in [2.75, 3.05) is 18.1 Å². The van der Waals surface area contributed by atoms with Gasteiger partial charge in [-0.25, -0.2) is 0 Å². The molecule has 6 atom stereocenters. The van der Waals surface area contributed by atoms with E-state index in [1.54, 1.807) is 0 Å². The van der Waals surface area contributed by atoms with Crippen LogP contribution < -0.4 is 4.74 Å². The maximum atomic E-state index is 10.6. The van der Waals surface area contributed by atoms with Crippen molar-refractivity contribution < 1.29 is 24.9 Å². The number of rotatable bonds is 12. The number of hydrogen-bond donors (Lipinski definition) is 3. The lowest BCUT2D eigenvalue weighted by Gasteiger charge is -2.19. The quantitative estimate of drug-likeness (QED) is 0.341. The first-order chi connectivity index (χ1) is 14.5. The van der Waals surface area contributed by atoms with E-state index in [4.69, 9.17) is 9.84 Å². The molecule has 0 heterocycles. The second kappa shape index (κ2) is 11.8. The Labute approximate surface area is 183 Å². The van der Waals surface area contributed by atoms with Gasteiger partial charge in [0.1, 0.15) is 5.75 Å². The Morgan fingerprint density at radius 3 is 2.80 bits per heavy atom. The van der Waals surface area contributed by atoms with Crippen LogP contribution >= 0.6 is 11.8 Å². The topological polar surface area (TPSA) is 87.0 Å². The van der Waals surface area contributed by atoms with E-state index in [0.29, 0.717) is 30.8 Å². The molecule has 166 valence electrons. The molecule has 2 fully saturated rings. The van der Waals surface area contributed by atoms with Gasteiger partial charge >= 0.3 is 5.97 Å². The fourth-order valence-electron chi connectivity index (χ4n) is 5.04. The number of aliphatic carboxylic acids is 1. The number of carbonyl (C=O) groups is 1. The number of hydrogen-bond acceptors (Lipinski definition) is 5. The number of thioether (sulfide) groups is 1. The molecule has 0 aromatic heterocycles. The number of fused-ring (bicyclic) bond motifs is 1. The van der Waals surface area contributed by atoms with Gasteiger partial charge in [-0.05, 0) is 74.2 Å². The van der Waals surface area contributed by atoms with E-state index < -0.39 is 12.1 Å². The third-order valence-electron chi connectivity index (χ3n) is 6.44. The lowest BCUT2D eigenvalue weighted by Crippen LogP contribution is -2.18. The zero-order chi connectivity index (χ0) is 21.3. The zero-order valence-electron chi connectivity index (χ0n) is 17.4. The van der Waals surface area contributed by atoms with E-state index in [2.05, 4.69) is 0 Å². The molecule has 0 bridgehead atoms. The minimum Gasteiger partial charge on any atom is -0.494 e. The summed E-state index contributed by atoms with van der Waals surface area (Å²) in [6, 6.07) is 9.68. The molecule has 30 heavy (non-hydrogen) atoms. The summed E-state index contributed by atoms with van der Waals surface area (Å²) < 4.78 is 5.66. The highest BCUT2D eigenvalue weighted by Gasteiger charge is 2.46. The second-order valence-electron chi connectivity index (χ2n) is 8.63.